The summed E-state index contributed by atoms with van der Waals surface area (Å²) in [5, 5.41) is 0. The Bertz CT molecular complexity index is 678. The van der Waals surface area contributed by atoms with Gasteiger partial charge in [-0.1, -0.05) is 56.7 Å². The summed E-state index contributed by atoms with van der Waals surface area (Å²) in [6.45, 7) is 4.20. The van der Waals surface area contributed by atoms with Crippen LogP contribution in [0.15, 0.2) is 59.5 Å². The van der Waals surface area contributed by atoms with Crippen molar-refractivity contribution in [2.24, 2.45) is 0 Å². The molecule has 0 amide bonds. The average molecular weight is 304 g/mol. The van der Waals surface area contributed by atoms with Crippen molar-refractivity contribution in [1.29, 1.82) is 0 Å². The smallest absolute Gasteiger partial charge is 0.339 e. The summed E-state index contributed by atoms with van der Waals surface area (Å²) in [6, 6.07) is 15.5. The first-order valence-corrected chi connectivity index (χ1v) is 8.54. The minimum absolute atomic E-state index is 0.169. The van der Waals surface area contributed by atoms with Crippen LogP contribution in [-0.4, -0.2) is 8.42 Å². The quantitative estimate of drug-likeness (QED) is 0.745. The Hall–Kier alpha value is -1.81. The third-order valence-electron chi connectivity index (χ3n) is 3.40. The molecule has 0 heterocycles. The Morgan fingerprint density at radius 2 is 1.62 bits per heavy atom. The molecule has 21 heavy (non-hydrogen) atoms. The van der Waals surface area contributed by atoms with Crippen molar-refractivity contribution in [2.45, 2.75) is 37.5 Å². The lowest BCUT2D eigenvalue weighted by Crippen LogP contribution is -2.11. The monoisotopic (exact) mass is 304 g/mol. The summed E-state index contributed by atoms with van der Waals surface area (Å²) in [6.07, 6.45) is 2.03. The van der Waals surface area contributed by atoms with Gasteiger partial charge in [-0.05, 0) is 36.1 Å². The van der Waals surface area contributed by atoms with Gasteiger partial charge < -0.3 is 4.18 Å². The van der Waals surface area contributed by atoms with Crippen molar-refractivity contribution >= 4 is 10.1 Å². The third kappa shape index (κ3) is 3.85. The summed E-state index contributed by atoms with van der Waals surface area (Å²) in [4.78, 5) is 0.169. The number of para-hydroxylation sites is 1. The van der Waals surface area contributed by atoms with Crippen LogP contribution < -0.4 is 4.18 Å². The van der Waals surface area contributed by atoms with Crippen LogP contribution >= 0.6 is 0 Å². The van der Waals surface area contributed by atoms with E-state index in [0.717, 1.165) is 18.4 Å². The van der Waals surface area contributed by atoms with Gasteiger partial charge in [0.05, 0.1) is 0 Å². The van der Waals surface area contributed by atoms with E-state index in [4.69, 9.17) is 4.18 Å². The van der Waals surface area contributed by atoms with E-state index in [1.165, 1.54) is 12.1 Å². The molecule has 0 spiro atoms. The fourth-order valence-electron chi connectivity index (χ4n) is 2.31. The maximum absolute atomic E-state index is 12.3. The normalized spacial score (nSPS) is 12.9. The molecular weight excluding hydrogens is 284 g/mol. The molecule has 0 aliphatic carbocycles. The molecule has 0 saturated heterocycles. The first-order chi connectivity index (χ1) is 10.0. The Morgan fingerprint density at radius 1 is 1.00 bits per heavy atom. The second kappa shape index (κ2) is 6.76. The predicted molar refractivity (Wildman–Crippen MR) is 84.0 cm³/mol. The zero-order valence-electron chi connectivity index (χ0n) is 12.3. The lowest BCUT2D eigenvalue weighted by molar-refractivity contribution is 0.478. The lowest BCUT2D eigenvalue weighted by Gasteiger charge is -2.16. The van der Waals surface area contributed by atoms with Crippen LogP contribution in [0, 0.1) is 0 Å². The first-order valence-electron chi connectivity index (χ1n) is 7.13. The van der Waals surface area contributed by atoms with Crippen molar-refractivity contribution in [3.63, 3.8) is 0 Å². The van der Waals surface area contributed by atoms with Gasteiger partial charge in [0, 0.05) is 0 Å². The molecule has 0 saturated carbocycles. The SMILES string of the molecule is CCCC(C)c1ccccc1OS(=O)(=O)c1ccccc1. The second-order valence-corrected chi connectivity index (χ2v) is 6.62. The van der Waals surface area contributed by atoms with E-state index in [1.807, 2.05) is 12.1 Å². The summed E-state index contributed by atoms with van der Waals surface area (Å²) < 4.78 is 30.0. The van der Waals surface area contributed by atoms with Crippen molar-refractivity contribution in [2.75, 3.05) is 0 Å². The Balaban J connectivity index is 2.32. The number of hydrogen-bond donors (Lipinski definition) is 0. The van der Waals surface area contributed by atoms with Crippen LogP contribution in [0.1, 0.15) is 38.2 Å². The van der Waals surface area contributed by atoms with E-state index in [0.29, 0.717) is 5.75 Å². The van der Waals surface area contributed by atoms with Gasteiger partial charge in [0.15, 0.2) is 0 Å². The first kappa shape index (κ1) is 15.6. The predicted octanol–water partition coefficient (Wildman–Crippen LogP) is 4.36. The van der Waals surface area contributed by atoms with Crippen LogP contribution in [0.3, 0.4) is 0 Å². The Labute approximate surface area is 126 Å². The van der Waals surface area contributed by atoms with Gasteiger partial charge in [0.25, 0.3) is 0 Å². The van der Waals surface area contributed by atoms with Crippen LogP contribution in [0.4, 0.5) is 0 Å². The molecule has 0 aromatic heterocycles. The lowest BCUT2D eigenvalue weighted by atomic mass is 9.96. The zero-order chi connectivity index (χ0) is 15.3. The largest absolute Gasteiger partial charge is 0.379 e. The number of benzene rings is 2. The highest BCUT2D eigenvalue weighted by Gasteiger charge is 2.19. The summed E-state index contributed by atoms with van der Waals surface area (Å²) >= 11 is 0. The second-order valence-electron chi connectivity index (χ2n) is 5.08. The summed E-state index contributed by atoms with van der Waals surface area (Å²) in [7, 11) is -3.78. The van der Waals surface area contributed by atoms with E-state index in [-0.39, 0.29) is 10.8 Å². The summed E-state index contributed by atoms with van der Waals surface area (Å²) in [5.74, 6) is 0.680. The molecular formula is C17H20O3S. The van der Waals surface area contributed by atoms with Gasteiger partial charge in [-0.2, -0.15) is 8.42 Å². The molecule has 3 nitrogen and oxygen atoms in total. The van der Waals surface area contributed by atoms with Crippen LogP contribution in [0.2, 0.25) is 0 Å². The maximum atomic E-state index is 12.3. The molecule has 0 N–H and O–H groups in total. The molecule has 112 valence electrons. The van der Waals surface area contributed by atoms with Gasteiger partial charge in [-0.3, -0.25) is 0 Å². The standard InChI is InChI=1S/C17H20O3S/c1-3-9-14(2)16-12-7-8-13-17(16)20-21(18,19)15-10-5-4-6-11-15/h4-8,10-14H,3,9H2,1-2H3. The van der Waals surface area contributed by atoms with E-state index >= 15 is 0 Å². The fourth-order valence-corrected chi connectivity index (χ4v) is 3.28. The maximum Gasteiger partial charge on any atom is 0.339 e. The van der Waals surface area contributed by atoms with Gasteiger partial charge >= 0.3 is 10.1 Å². The molecule has 2 aromatic rings. The van der Waals surface area contributed by atoms with Crippen LogP contribution in [-0.2, 0) is 10.1 Å². The highest BCUT2D eigenvalue weighted by Crippen LogP contribution is 2.31. The number of rotatable bonds is 6. The van der Waals surface area contributed by atoms with Crippen molar-refractivity contribution in [3.8, 4) is 5.75 Å². The third-order valence-corrected chi connectivity index (χ3v) is 4.65. The highest BCUT2D eigenvalue weighted by molar-refractivity contribution is 7.87. The molecule has 4 heteroatoms. The summed E-state index contributed by atoms with van der Waals surface area (Å²) in [5.41, 5.74) is 0.929. The molecule has 0 aliphatic rings. The van der Waals surface area contributed by atoms with Crippen LogP contribution in [0.5, 0.6) is 5.75 Å². The number of hydrogen-bond acceptors (Lipinski definition) is 3. The van der Waals surface area contributed by atoms with E-state index in [2.05, 4.69) is 13.8 Å². The minimum atomic E-state index is -3.78. The molecule has 1 atom stereocenters. The van der Waals surface area contributed by atoms with E-state index in [9.17, 15) is 8.42 Å². The van der Waals surface area contributed by atoms with Crippen molar-refractivity contribution in [3.05, 3.63) is 60.2 Å². The molecule has 1 unspecified atom stereocenters. The minimum Gasteiger partial charge on any atom is -0.379 e. The van der Waals surface area contributed by atoms with E-state index in [1.54, 1.807) is 30.3 Å². The van der Waals surface area contributed by atoms with Crippen molar-refractivity contribution < 1.29 is 12.6 Å². The molecule has 0 bridgehead atoms. The zero-order valence-corrected chi connectivity index (χ0v) is 13.1. The average Bonchev–Trinajstić information content (AvgIpc) is 2.48. The molecule has 0 fully saturated rings. The molecule has 0 radical (unpaired) electrons. The van der Waals surface area contributed by atoms with Gasteiger partial charge in [-0.15, -0.1) is 0 Å². The Morgan fingerprint density at radius 3 is 2.29 bits per heavy atom. The van der Waals surface area contributed by atoms with Gasteiger partial charge in [-0.25, -0.2) is 0 Å². The van der Waals surface area contributed by atoms with E-state index < -0.39 is 10.1 Å². The highest BCUT2D eigenvalue weighted by atomic mass is 32.2. The van der Waals surface area contributed by atoms with Crippen LogP contribution in [0.25, 0.3) is 0 Å². The molecule has 2 rings (SSSR count). The Kier molecular flexibility index (Phi) is 5.02. The molecule has 2 aromatic carbocycles. The fraction of sp³-hybridized carbons (Fsp3) is 0.294. The topological polar surface area (TPSA) is 43.4 Å². The molecule has 0 aliphatic heterocycles. The van der Waals surface area contributed by atoms with Gasteiger partial charge in [0.1, 0.15) is 10.6 Å². The van der Waals surface area contributed by atoms with Crippen molar-refractivity contribution in [1.82, 2.24) is 0 Å². The van der Waals surface area contributed by atoms with Gasteiger partial charge in [0.2, 0.25) is 0 Å².